The Morgan fingerprint density at radius 1 is 1.55 bits per heavy atom. The monoisotopic (exact) mass is 158 g/mol. The van der Waals surface area contributed by atoms with E-state index in [0.29, 0.717) is 13.0 Å². The number of carboxylic acids is 1. The number of carboxylic acid groups (broad SMARTS) is 1. The van der Waals surface area contributed by atoms with E-state index in [0.717, 1.165) is 12.8 Å². The molecule has 62 valence electrons. The molecule has 5 nitrogen and oxygen atoms in total. The van der Waals surface area contributed by atoms with Crippen molar-refractivity contribution in [2.75, 3.05) is 6.54 Å². The highest BCUT2D eigenvalue weighted by Gasteiger charge is 2.41. The normalized spacial score (nSPS) is 31.3. The minimum absolute atomic E-state index is 0.297. The van der Waals surface area contributed by atoms with Gasteiger partial charge < -0.3 is 5.11 Å². The first-order valence-electron chi connectivity index (χ1n) is 3.54. The van der Waals surface area contributed by atoms with Gasteiger partial charge in [0.15, 0.2) is 0 Å². The quantitative estimate of drug-likeness (QED) is 0.567. The maximum Gasteiger partial charge on any atom is 0.350 e. The summed E-state index contributed by atoms with van der Waals surface area (Å²) in [6.45, 7) is 0.554. The summed E-state index contributed by atoms with van der Waals surface area (Å²) in [5, 5.41) is 13.9. The number of hydrogen-bond acceptors (Lipinski definition) is 4. The van der Waals surface area contributed by atoms with Gasteiger partial charge in [0.1, 0.15) is 0 Å². The fraction of sp³-hybridized carbons (Fsp3) is 0.833. The first-order chi connectivity index (χ1) is 5.21. The second-order valence-electron chi connectivity index (χ2n) is 2.64. The third-order valence-electron chi connectivity index (χ3n) is 1.89. The van der Waals surface area contributed by atoms with Crippen LogP contribution in [-0.2, 0) is 4.79 Å². The molecule has 0 aromatic heterocycles. The van der Waals surface area contributed by atoms with Gasteiger partial charge in [0.25, 0.3) is 0 Å². The number of aliphatic carboxylic acids is 1. The van der Waals surface area contributed by atoms with E-state index in [2.05, 4.69) is 10.5 Å². The zero-order valence-corrected chi connectivity index (χ0v) is 6.04. The van der Waals surface area contributed by atoms with Gasteiger partial charge in [0.2, 0.25) is 5.66 Å². The molecule has 0 aromatic carbocycles. The summed E-state index contributed by atoms with van der Waals surface area (Å²) < 4.78 is 0. The summed E-state index contributed by atoms with van der Waals surface area (Å²) in [6, 6.07) is 0. The highest BCUT2D eigenvalue weighted by molar-refractivity contribution is 5.78. The van der Waals surface area contributed by atoms with Crippen molar-refractivity contribution in [1.82, 2.24) is 5.32 Å². The van der Waals surface area contributed by atoms with E-state index >= 15 is 0 Å². The smallest absolute Gasteiger partial charge is 0.350 e. The van der Waals surface area contributed by atoms with Crippen LogP contribution in [0.15, 0.2) is 5.18 Å². The van der Waals surface area contributed by atoms with Crippen molar-refractivity contribution in [2.24, 2.45) is 5.18 Å². The van der Waals surface area contributed by atoms with Gasteiger partial charge >= 0.3 is 5.97 Å². The molecule has 0 radical (unpaired) electrons. The van der Waals surface area contributed by atoms with Crippen molar-refractivity contribution in [3.8, 4) is 0 Å². The topological polar surface area (TPSA) is 78.8 Å². The molecule has 1 rings (SSSR count). The minimum Gasteiger partial charge on any atom is -0.478 e. The largest absolute Gasteiger partial charge is 0.478 e. The van der Waals surface area contributed by atoms with Crippen molar-refractivity contribution < 1.29 is 9.90 Å². The molecule has 0 saturated carbocycles. The second-order valence-corrected chi connectivity index (χ2v) is 2.64. The molecule has 1 aliphatic heterocycles. The van der Waals surface area contributed by atoms with Gasteiger partial charge in [-0.25, -0.2) is 4.79 Å². The van der Waals surface area contributed by atoms with Crippen molar-refractivity contribution >= 4 is 5.97 Å². The molecule has 1 saturated heterocycles. The van der Waals surface area contributed by atoms with Gasteiger partial charge in [-0.2, -0.15) is 0 Å². The molecular formula is C6H10N2O3. The van der Waals surface area contributed by atoms with Crippen molar-refractivity contribution in [1.29, 1.82) is 0 Å². The summed E-state index contributed by atoms with van der Waals surface area (Å²) in [4.78, 5) is 20.8. The molecule has 0 amide bonds. The van der Waals surface area contributed by atoms with Crippen LogP contribution >= 0.6 is 0 Å². The van der Waals surface area contributed by atoms with E-state index in [4.69, 9.17) is 5.11 Å². The van der Waals surface area contributed by atoms with Crippen LogP contribution in [0, 0.1) is 4.91 Å². The fourth-order valence-corrected chi connectivity index (χ4v) is 1.19. The van der Waals surface area contributed by atoms with E-state index in [1.54, 1.807) is 0 Å². The van der Waals surface area contributed by atoms with Crippen LogP contribution in [0.3, 0.4) is 0 Å². The average molecular weight is 158 g/mol. The zero-order valence-electron chi connectivity index (χ0n) is 6.04. The molecule has 1 unspecified atom stereocenters. The lowest BCUT2D eigenvalue weighted by atomic mass is 9.99. The number of hydrogen-bond donors (Lipinski definition) is 2. The van der Waals surface area contributed by atoms with Crippen molar-refractivity contribution in [3.63, 3.8) is 0 Å². The van der Waals surface area contributed by atoms with E-state index < -0.39 is 11.6 Å². The van der Waals surface area contributed by atoms with Crippen molar-refractivity contribution in [3.05, 3.63) is 4.91 Å². The van der Waals surface area contributed by atoms with E-state index in [-0.39, 0.29) is 0 Å². The third kappa shape index (κ3) is 1.37. The molecule has 0 bridgehead atoms. The van der Waals surface area contributed by atoms with Gasteiger partial charge in [0, 0.05) is 6.42 Å². The fourth-order valence-electron chi connectivity index (χ4n) is 1.19. The van der Waals surface area contributed by atoms with Gasteiger partial charge in [-0.15, -0.1) is 4.91 Å². The number of nitroso groups, excluding NO2 is 1. The Hall–Kier alpha value is -0.970. The standard InChI is InChI=1S/C6H10N2O3/c9-5(10)6(8-11)3-1-2-4-7-6/h7H,1-4H2,(H,9,10). The first kappa shape index (κ1) is 8.13. The number of carbonyl (C=O) groups is 1. The average Bonchev–Trinajstić information content (AvgIpc) is 2.05. The number of piperidine rings is 1. The minimum atomic E-state index is -1.54. The van der Waals surface area contributed by atoms with Gasteiger partial charge in [-0.3, -0.25) is 5.32 Å². The summed E-state index contributed by atoms with van der Waals surface area (Å²) in [6.07, 6.45) is 1.95. The number of nitrogens with zero attached hydrogens (tertiary/aromatic N) is 1. The Bertz CT molecular complexity index is 175. The summed E-state index contributed by atoms with van der Waals surface area (Å²) in [5.41, 5.74) is -1.54. The van der Waals surface area contributed by atoms with Crippen molar-refractivity contribution in [2.45, 2.75) is 24.9 Å². The van der Waals surface area contributed by atoms with Crippen LogP contribution in [0.2, 0.25) is 0 Å². The number of rotatable bonds is 2. The molecule has 1 aliphatic rings. The molecule has 0 aliphatic carbocycles. The lowest BCUT2D eigenvalue weighted by Crippen LogP contribution is -2.52. The third-order valence-corrected chi connectivity index (χ3v) is 1.89. The van der Waals surface area contributed by atoms with Gasteiger partial charge in [-0.1, -0.05) is 0 Å². The molecular weight excluding hydrogens is 148 g/mol. The van der Waals surface area contributed by atoms with Crippen LogP contribution in [0.5, 0.6) is 0 Å². The first-order valence-corrected chi connectivity index (χ1v) is 3.54. The highest BCUT2D eigenvalue weighted by Crippen LogP contribution is 2.20. The predicted molar refractivity (Wildman–Crippen MR) is 38.0 cm³/mol. The highest BCUT2D eigenvalue weighted by atomic mass is 16.4. The Labute approximate surface area is 63.8 Å². The van der Waals surface area contributed by atoms with Crippen LogP contribution < -0.4 is 5.32 Å². The molecule has 2 N–H and O–H groups in total. The summed E-state index contributed by atoms with van der Waals surface area (Å²) >= 11 is 0. The zero-order chi connectivity index (χ0) is 8.32. The Morgan fingerprint density at radius 3 is 2.55 bits per heavy atom. The van der Waals surface area contributed by atoms with E-state index in [1.165, 1.54) is 0 Å². The van der Waals surface area contributed by atoms with E-state index in [9.17, 15) is 9.70 Å². The number of nitrogens with one attached hydrogen (secondary N) is 1. The van der Waals surface area contributed by atoms with Crippen LogP contribution in [0.4, 0.5) is 0 Å². The van der Waals surface area contributed by atoms with E-state index in [1.807, 2.05) is 0 Å². The summed E-state index contributed by atoms with van der Waals surface area (Å²) in [7, 11) is 0. The lowest BCUT2D eigenvalue weighted by molar-refractivity contribution is -0.145. The molecule has 11 heavy (non-hydrogen) atoms. The maximum atomic E-state index is 10.6. The van der Waals surface area contributed by atoms with Gasteiger partial charge in [-0.05, 0) is 24.6 Å². The molecule has 1 fully saturated rings. The Morgan fingerprint density at radius 2 is 2.27 bits per heavy atom. The van der Waals surface area contributed by atoms with Gasteiger partial charge in [0.05, 0.1) is 0 Å². The molecule has 0 aromatic rings. The molecule has 5 heteroatoms. The summed E-state index contributed by atoms with van der Waals surface area (Å²) in [5.74, 6) is -1.17. The van der Waals surface area contributed by atoms with Crippen LogP contribution in [0.25, 0.3) is 0 Å². The molecule has 1 atom stereocenters. The maximum absolute atomic E-state index is 10.6. The SMILES string of the molecule is O=NC1(C(=O)O)CCCCN1. The van der Waals surface area contributed by atoms with Crippen LogP contribution in [-0.4, -0.2) is 23.3 Å². The Kier molecular flexibility index (Phi) is 2.19. The lowest BCUT2D eigenvalue weighted by Gasteiger charge is -2.26. The second kappa shape index (κ2) is 2.96. The van der Waals surface area contributed by atoms with Crippen LogP contribution in [0.1, 0.15) is 19.3 Å². The molecule has 0 spiro atoms. The predicted octanol–water partition coefficient (Wildman–Crippen LogP) is 0.307. The molecule has 1 heterocycles. The Balaban J connectivity index is 2.72.